The van der Waals surface area contributed by atoms with Crippen molar-refractivity contribution in [2.45, 2.75) is 65.1 Å². The Morgan fingerprint density at radius 1 is 1.05 bits per heavy atom. The Morgan fingerprint density at radius 2 is 1.74 bits per heavy atom. The highest BCUT2D eigenvalue weighted by molar-refractivity contribution is 7.92. The Balaban J connectivity index is 2.28. The number of para-hydroxylation sites is 2. The van der Waals surface area contributed by atoms with E-state index in [1.54, 1.807) is 42.5 Å². The van der Waals surface area contributed by atoms with Gasteiger partial charge in [-0.25, -0.2) is 8.42 Å². The van der Waals surface area contributed by atoms with Crippen LogP contribution >= 0.6 is 23.2 Å². The molecule has 0 radical (unpaired) electrons. The van der Waals surface area contributed by atoms with Crippen LogP contribution in [-0.2, 0) is 26.2 Å². The van der Waals surface area contributed by atoms with E-state index in [4.69, 9.17) is 27.9 Å². The van der Waals surface area contributed by atoms with Gasteiger partial charge in [0.1, 0.15) is 11.8 Å². The minimum Gasteiger partial charge on any atom is -0.495 e. The molecular weight excluding hydrogens is 549 g/mol. The van der Waals surface area contributed by atoms with Crippen molar-refractivity contribution in [3.8, 4) is 5.75 Å². The SMILES string of the molecule is CC[C@@H](C)NC(=O)[C@@H](CC)N(Cc1ccc(Cl)c(Cl)c1)C(=O)CCCN(c1ccccc1OC)S(C)(=O)=O. The largest absolute Gasteiger partial charge is 0.495 e. The summed E-state index contributed by atoms with van der Waals surface area (Å²) < 4.78 is 31.7. The lowest BCUT2D eigenvalue weighted by Crippen LogP contribution is -2.50. The summed E-state index contributed by atoms with van der Waals surface area (Å²) in [5.41, 5.74) is 1.13. The number of halogens is 2. The smallest absolute Gasteiger partial charge is 0.243 e. The molecule has 210 valence electrons. The summed E-state index contributed by atoms with van der Waals surface area (Å²) in [5.74, 6) is -0.0870. The van der Waals surface area contributed by atoms with Gasteiger partial charge in [0, 0.05) is 25.6 Å². The van der Waals surface area contributed by atoms with Crippen molar-refractivity contribution in [3.63, 3.8) is 0 Å². The van der Waals surface area contributed by atoms with Crippen LogP contribution in [-0.4, -0.2) is 57.1 Å². The predicted molar refractivity (Wildman–Crippen MR) is 153 cm³/mol. The first-order valence-electron chi connectivity index (χ1n) is 12.6. The number of nitrogens with one attached hydrogen (secondary N) is 1. The van der Waals surface area contributed by atoms with Crippen LogP contribution in [0.4, 0.5) is 5.69 Å². The summed E-state index contributed by atoms with van der Waals surface area (Å²) in [6.45, 7) is 5.96. The third-order valence-electron chi connectivity index (χ3n) is 6.23. The molecule has 2 atom stereocenters. The zero-order valence-electron chi connectivity index (χ0n) is 22.5. The molecule has 0 aliphatic carbocycles. The van der Waals surface area contributed by atoms with Crippen LogP contribution in [0.1, 0.15) is 52.0 Å². The zero-order valence-corrected chi connectivity index (χ0v) is 24.9. The van der Waals surface area contributed by atoms with Gasteiger partial charge in [0.2, 0.25) is 21.8 Å². The number of hydrogen-bond acceptors (Lipinski definition) is 5. The molecule has 2 rings (SSSR count). The fourth-order valence-electron chi connectivity index (χ4n) is 4.01. The van der Waals surface area contributed by atoms with Crippen molar-refractivity contribution in [1.82, 2.24) is 10.2 Å². The number of nitrogens with zero attached hydrogens (tertiary/aromatic N) is 2. The van der Waals surface area contributed by atoms with Gasteiger partial charge in [0.05, 0.1) is 29.1 Å². The van der Waals surface area contributed by atoms with Gasteiger partial charge in [-0.1, -0.05) is 55.2 Å². The van der Waals surface area contributed by atoms with Crippen molar-refractivity contribution in [1.29, 1.82) is 0 Å². The lowest BCUT2D eigenvalue weighted by atomic mass is 10.1. The van der Waals surface area contributed by atoms with Crippen molar-refractivity contribution >= 4 is 50.7 Å². The van der Waals surface area contributed by atoms with Crippen LogP contribution in [0.25, 0.3) is 0 Å². The number of methoxy groups -OCH3 is 1. The number of ether oxygens (including phenoxy) is 1. The minimum absolute atomic E-state index is 0.0373. The Kier molecular flexibility index (Phi) is 12.2. The maximum atomic E-state index is 13.5. The average molecular weight is 587 g/mol. The molecule has 0 bridgehead atoms. The molecule has 0 aromatic heterocycles. The molecule has 0 aliphatic heterocycles. The summed E-state index contributed by atoms with van der Waals surface area (Å²) in [7, 11) is -2.17. The molecule has 2 aromatic carbocycles. The molecule has 38 heavy (non-hydrogen) atoms. The van der Waals surface area contributed by atoms with Crippen LogP contribution in [0.5, 0.6) is 5.75 Å². The summed E-state index contributed by atoms with van der Waals surface area (Å²) in [5, 5.41) is 3.72. The number of benzene rings is 2. The molecule has 0 aliphatic rings. The summed E-state index contributed by atoms with van der Waals surface area (Å²) in [6, 6.07) is 11.2. The quantitative estimate of drug-likeness (QED) is 0.326. The summed E-state index contributed by atoms with van der Waals surface area (Å²) in [6.07, 6.45) is 2.56. The fraction of sp³-hybridized carbons (Fsp3) is 0.481. The first-order valence-corrected chi connectivity index (χ1v) is 15.2. The van der Waals surface area contributed by atoms with Gasteiger partial charge < -0.3 is 15.0 Å². The monoisotopic (exact) mass is 585 g/mol. The van der Waals surface area contributed by atoms with Crippen molar-refractivity contribution in [3.05, 3.63) is 58.1 Å². The molecule has 2 aromatic rings. The number of carbonyl (C=O) groups excluding carboxylic acids is 2. The van der Waals surface area contributed by atoms with Gasteiger partial charge in [-0.15, -0.1) is 0 Å². The second kappa shape index (κ2) is 14.6. The predicted octanol–water partition coefficient (Wildman–Crippen LogP) is 5.27. The van der Waals surface area contributed by atoms with E-state index < -0.39 is 16.1 Å². The second-order valence-corrected chi connectivity index (χ2v) is 11.8. The third-order valence-corrected chi connectivity index (χ3v) is 8.15. The number of sulfonamides is 1. The minimum atomic E-state index is -3.64. The lowest BCUT2D eigenvalue weighted by Gasteiger charge is -2.32. The highest BCUT2D eigenvalue weighted by Crippen LogP contribution is 2.30. The molecule has 0 saturated carbocycles. The maximum absolute atomic E-state index is 13.5. The van der Waals surface area contributed by atoms with Crippen molar-refractivity contribution in [2.24, 2.45) is 0 Å². The zero-order chi connectivity index (χ0) is 28.5. The van der Waals surface area contributed by atoms with Crippen LogP contribution in [0.2, 0.25) is 10.0 Å². The standard InChI is InChI=1S/C27H37Cl2N3O5S/c1-6-19(3)30-27(34)23(7-2)31(18-20-14-15-21(28)22(29)17-20)26(33)13-10-16-32(38(5,35)36)24-11-8-9-12-25(24)37-4/h8-9,11-12,14-15,17,19,23H,6-7,10,13,16,18H2,1-5H3,(H,30,34)/t19-,23-/m1/s1. The van der Waals surface area contributed by atoms with Gasteiger partial charge >= 0.3 is 0 Å². The Bertz CT molecular complexity index is 1210. The van der Waals surface area contributed by atoms with E-state index in [0.29, 0.717) is 27.9 Å². The molecule has 1 N–H and O–H groups in total. The van der Waals surface area contributed by atoms with Crippen molar-refractivity contribution < 1.29 is 22.7 Å². The number of carbonyl (C=O) groups is 2. The van der Waals surface area contributed by atoms with E-state index in [1.807, 2.05) is 20.8 Å². The summed E-state index contributed by atoms with van der Waals surface area (Å²) in [4.78, 5) is 28.2. The van der Waals surface area contributed by atoms with E-state index >= 15 is 0 Å². The molecule has 0 fully saturated rings. The van der Waals surface area contributed by atoms with E-state index in [2.05, 4.69) is 5.32 Å². The molecule has 0 spiro atoms. The van der Waals surface area contributed by atoms with Crippen LogP contribution < -0.4 is 14.4 Å². The van der Waals surface area contributed by atoms with Gasteiger partial charge in [0.25, 0.3) is 0 Å². The Hall–Kier alpha value is -2.49. The van der Waals surface area contributed by atoms with E-state index in [-0.39, 0.29) is 43.8 Å². The number of hydrogen-bond donors (Lipinski definition) is 1. The maximum Gasteiger partial charge on any atom is 0.243 e. The molecule has 0 unspecified atom stereocenters. The average Bonchev–Trinajstić information content (AvgIpc) is 2.87. The molecule has 8 nitrogen and oxygen atoms in total. The van der Waals surface area contributed by atoms with Gasteiger partial charge in [-0.2, -0.15) is 0 Å². The van der Waals surface area contributed by atoms with Crippen LogP contribution in [0.15, 0.2) is 42.5 Å². The highest BCUT2D eigenvalue weighted by atomic mass is 35.5. The number of anilines is 1. The van der Waals surface area contributed by atoms with Crippen molar-refractivity contribution in [2.75, 3.05) is 24.2 Å². The normalized spacial score (nSPS) is 12.9. The molecular formula is C27H37Cl2N3O5S. The number of amides is 2. The molecule has 0 heterocycles. The molecule has 0 saturated heterocycles. The van der Waals surface area contributed by atoms with Gasteiger partial charge in [0.15, 0.2) is 0 Å². The fourth-order valence-corrected chi connectivity index (χ4v) is 5.30. The highest BCUT2D eigenvalue weighted by Gasteiger charge is 2.30. The topological polar surface area (TPSA) is 96.0 Å². The first kappa shape index (κ1) is 31.7. The Morgan fingerprint density at radius 3 is 2.32 bits per heavy atom. The summed E-state index contributed by atoms with van der Waals surface area (Å²) >= 11 is 12.3. The Labute approximate surface area is 236 Å². The number of rotatable bonds is 14. The first-order chi connectivity index (χ1) is 17.9. The lowest BCUT2D eigenvalue weighted by molar-refractivity contribution is -0.141. The van der Waals surface area contributed by atoms with Gasteiger partial charge in [-0.05, 0) is 56.0 Å². The van der Waals surface area contributed by atoms with E-state index in [0.717, 1.165) is 18.2 Å². The molecule has 2 amide bonds. The third kappa shape index (κ3) is 8.78. The molecule has 11 heteroatoms. The van der Waals surface area contributed by atoms with E-state index in [1.165, 1.54) is 16.3 Å². The van der Waals surface area contributed by atoms with Crippen LogP contribution in [0, 0.1) is 0 Å². The van der Waals surface area contributed by atoms with Gasteiger partial charge in [-0.3, -0.25) is 13.9 Å². The van der Waals surface area contributed by atoms with E-state index in [9.17, 15) is 18.0 Å². The second-order valence-electron chi connectivity index (χ2n) is 9.12. The van der Waals surface area contributed by atoms with Crippen LogP contribution in [0.3, 0.4) is 0 Å².